The number of benzene rings is 1. The number of anilines is 1. The van der Waals surface area contributed by atoms with Crippen LogP contribution in [0.15, 0.2) is 24.3 Å². The number of carbonyl (C=O) groups is 1. The fraction of sp³-hybridized carbons (Fsp3) is 0.588. The molecule has 0 aliphatic carbocycles. The van der Waals surface area contributed by atoms with Crippen LogP contribution in [0.1, 0.15) is 69.7 Å². The maximum atomic E-state index is 11.6. The van der Waals surface area contributed by atoms with Crippen LogP contribution in [-0.2, 0) is 0 Å². The Morgan fingerprint density at radius 2 is 1.74 bits per heavy atom. The lowest BCUT2D eigenvalue weighted by Crippen LogP contribution is -2.19. The zero-order valence-corrected chi connectivity index (χ0v) is 12.5. The van der Waals surface area contributed by atoms with Gasteiger partial charge in [-0.25, -0.2) is 0 Å². The molecule has 0 aromatic heterocycles. The Morgan fingerprint density at radius 1 is 1.05 bits per heavy atom. The van der Waals surface area contributed by atoms with Crippen molar-refractivity contribution < 1.29 is 4.79 Å². The molecule has 0 saturated carbocycles. The SMILES string of the molecule is CCCCC(CCC)Nc1ccc(C(=O)CC)cc1. The van der Waals surface area contributed by atoms with Crippen molar-refractivity contribution in [1.82, 2.24) is 0 Å². The lowest BCUT2D eigenvalue weighted by Gasteiger charge is -2.19. The molecule has 1 atom stereocenters. The maximum Gasteiger partial charge on any atom is 0.162 e. The first-order valence-electron chi connectivity index (χ1n) is 7.61. The van der Waals surface area contributed by atoms with Gasteiger partial charge in [0, 0.05) is 23.7 Å². The van der Waals surface area contributed by atoms with Crippen LogP contribution in [0.3, 0.4) is 0 Å². The van der Waals surface area contributed by atoms with Crippen molar-refractivity contribution in [1.29, 1.82) is 0 Å². The van der Waals surface area contributed by atoms with Crippen LogP contribution in [0, 0.1) is 0 Å². The number of ketones is 1. The Balaban J connectivity index is 2.60. The molecule has 0 fully saturated rings. The second-order valence-electron chi connectivity index (χ2n) is 5.13. The third kappa shape index (κ3) is 5.46. The third-order valence-corrected chi connectivity index (χ3v) is 3.44. The summed E-state index contributed by atoms with van der Waals surface area (Å²) in [7, 11) is 0. The molecule has 0 heterocycles. The Morgan fingerprint density at radius 3 is 2.26 bits per heavy atom. The summed E-state index contributed by atoms with van der Waals surface area (Å²) in [5, 5.41) is 3.59. The van der Waals surface area contributed by atoms with Gasteiger partial charge in [0.15, 0.2) is 5.78 Å². The second-order valence-corrected chi connectivity index (χ2v) is 5.13. The molecule has 19 heavy (non-hydrogen) atoms. The number of nitrogens with one attached hydrogen (secondary N) is 1. The molecule has 0 saturated heterocycles. The fourth-order valence-electron chi connectivity index (χ4n) is 2.28. The lowest BCUT2D eigenvalue weighted by molar-refractivity contribution is 0.0988. The third-order valence-electron chi connectivity index (χ3n) is 3.44. The van der Waals surface area contributed by atoms with Gasteiger partial charge in [-0.1, -0.05) is 40.0 Å². The van der Waals surface area contributed by atoms with Gasteiger partial charge in [-0.15, -0.1) is 0 Å². The van der Waals surface area contributed by atoms with Crippen molar-refractivity contribution in [2.75, 3.05) is 5.32 Å². The van der Waals surface area contributed by atoms with E-state index in [1.54, 1.807) is 0 Å². The first kappa shape index (κ1) is 15.7. The molecule has 0 spiro atoms. The molecule has 0 bridgehead atoms. The zero-order valence-electron chi connectivity index (χ0n) is 12.5. The first-order valence-corrected chi connectivity index (χ1v) is 7.61. The summed E-state index contributed by atoms with van der Waals surface area (Å²) in [5.74, 6) is 0.211. The van der Waals surface area contributed by atoms with Gasteiger partial charge in [0.1, 0.15) is 0 Å². The maximum absolute atomic E-state index is 11.6. The molecule has 2 heteroatoms. The summed E-state index contributed by atoms with van der Waals surface area (Å²) >= 11 is 0. The highest BCUT2D eigenvalue weighted by atomic mass is 16.1. The fourth-order valence-corrected chi connectivity index (χ4v) is 2.28. The summed E-state index contributed by atoms with van der Waals surface area (Å²) < 4.78 is 0. The predicted molar refractivity (Wildman–Crippen MR) is 82.9 cm³/mol. The first-order chi connectivity index (χ1) is 9.21. The highest BCUT2D eigenvalue weighted by Gasteiger charge is 2.08. The van der Waals surface area contributed by atoms with E-state index in [1.165, 1.54) is 32.1 Å². The van der Waals surface area contributed by atoms with Crippen LogP contribution in [0.5, 0.6) is 0 Å². The quantitative estimate of drug-likeness (QED) is 0.630. The highest BCUT2D eigenvalue weighted by molar-refractivity contribution is 5.96. The van der Waals surface area contributed by atoms with Gasteiger partial charge in [-0.3, -0.25) is 4.79 Å². The van der Waals surface area contributed by atoms with E-state index in [0.717, 1.165) is 11.3 Å². The molecule has 0 radical (unpaired) electrons. The lowest BCUT2D eigenvalue weighted by atomic mass is 10.0. The summed E-state index contributed by atoms with van der Waals surface area (Å²) in [5.41, 5.74) is 1.94. The molecule has 0 aliphatic heterocycles. The molecule has 0 amide bonds. The summed E-state index contributed by atoms with van der Waals surface area (Å²) in [6, 6.07) is 8.46. The van der Waals surface area contributed by atoms with Gasteiger partial charge < -0.3 is 5.32 Å². The second kappa shape index (κ2) is 8.73. The van der Waals surface area contributed by atoms with Crippen LogP contribution in [-0.4, -0.2) is 11.8 Å². The largest absolute Gasteiger partial charge is 0.382 e. The number of Topliss-reactive ketones (excluding diaryl/α,β-unsaturated/α-hetero) is 1. The summed E-state index contributed by atoms with van der Waals surface area (Å²) in [6.07, 6.45) is 6.71. The molecule has 1 unspecified atom stereocenters. The van der Waals surface area contributed by atoms with Crippen molar-refractivity contribution in [3.05, 3.63) is 29.8 Å². The minimum absolute atomic E-state index is 0.211. The number of unbranched alkanes of at least 4 members (excludes halogenated alkanes) is 1. The van der Waals surface area contributed by atoms with Crippen LogP contribution in [0.25, 0.3) is 0 Å². The average molecular weight is 261 g/mol. The van der Waals surface area contributed by atoms with Crippen LogP contribution < -0.4 is 5.32 Å². The Bertz CT molecular complexity index is 369. The van der Waals surface area contributed by atoms with E-state index in [9.17, 15) is 4.79 Å². The zero-order chi connectivity index (χ0) is 14.1. The van der Waals surface area contributed by atoms with Gasteiger partial charge in [0.2, 0.25) is 0 Å². The molecular weight excluding hydrogens is 234 g/mol. The van der Waals surface area contributed by atoms with Crippen LogP contribution in [0.2, 0.25) is 0 Å². The normalized spacial score (nSPS) is 12.2. The van der Waals surface area contributed by atoms with E-state index in [0.29, 0.717) is 12.5 Å². The molecular formula is C17H27NO. The Kier molecular flexibility index (Phi) is 7.24. The molecule has 1 aromatic rings. The average Bonchev–Trinajstić information content (AvgIpc) is 2.45. The summed E-state index contributed by atoms with van der Waals surface area (Å²) in [6.45, 7) is 6.36. The van der Waals surface area contributed by atoms with E-state index in [1.807, 2.05) is 31.2 Å². The van der Waals surface area contributed by atoms with Gasteiger partial charge in [0.05, 0.1) is 0 Å². The smallest absolute Gasteiger partial charge is 0.162 e. The summed E-state index contributed by atoms with van der Waals surface area (Å²) in [4.78, 5) is 11.6. The van der Waals surface area contributed by atoms with Crippen LogP contribution >= 0.6 is 0 Å². The predicted octanol–water partition coefficient (Wildman–Crippen LogP) is 5.05. The van der Waals surface area contributed by atoms with Crippen molar-refractivity contribution in [2.24, 2.45) is 0 Å². The van der Waals surface area contributed by atoms with E-state index in [2.05, 4.69) is 19.2 Å². The molecule has 0 aliphatic rings. The van der Waals surface area contributed by atoms with Gasteiger partial charge in [-0.2, -0.15) is 0 Å². The number of rotatable bonds is 9. The Hall–Kier alpha value is -1.31. The molecule has 1 N–H and O–H groups in total. The minimum Gasteiger partial charge on any atom is -0.382 e. The molecule has 2 nitrogen and oxygen atoms in total. The standard InChI is InChI=1S/C17H27NO/c1-4-7-9-15(8-5-2)18-16-12-10-14(11-13-16)17(19)6-3/h10-13,15,18H,4-9H2,1-3H3. The van der Waals surface area contributed by atoms with Crippen molar-refractivity contribution in [2.45, 2.75) is 65.3 Å². The number of carbonyl (C=O) groups excluding carboxylic acids is 1. The van der Waals surface area contributed by atoms with E-state index < -0.39 is 0 Å². The van der Waals surface area contributed by atoms with Crippen molar-refractivity contribution >= 4 is 11.5 Å². The Labute approximate surface area is 117 Å². The van der Waals surface area contributed by atoms with Crippen molar-refractivity contribution in [3.63, 3.8) is 0 Å². The van der Waals surface area contributed by atoms with E-state index >= 15 is 0 Å². The monoisotopic (exact) mass is 261 g/mol. The molecule has 106 valence electrons. The van der Waals surface area contributed by atoms with Crippen molar-refractivity contribution in [3.8, 4) is 0 Å². The van der Waals surface area contributed by atoms with Gasteiger partial charge in [-0.05, 0) is 37.1 Å². The van der Waals surface area contributed by atoms with E-state index in [4.69, 9.17) is 0 Å². The molecule has 1 rings (SSSR count). The highest BCUT2D eigenvalue weighted by Crippen LogP contribution is 2.16. The number of hydrogen-bond donors (Lipinski definition) is 1. The van der Waals surface area contributed by atoms with Gasteiger partial charge >= 0.3 is 0 Å². The van der Waals surface area contributed by atoms with E-state index in [-0.39, 0.29) is 5.78 Å². The topological polar surface area (TPSA) is 29.1 Å². The van der Waals surface area contributed by atoms with Gasteiger partial charge in [0.25, 0.3) is 0 Å². The molecule has 1 aromatic carbocycles. The number of hydrogen-bond acceptors (Lipinski definition) is 2. The minimum atomic E-state index is 0.211. The van der Waals surface area contributed by atoms with Crippen LogP contribution in [0.4, 0.5) is 5.69 Å².